The second kappa shape index (κ2) is 5.64. The average Bonchev–Trinajstić information content (AvgIpc) is 2.83. The molecule has 0 bridgehead atoms. The van der Waals surface area contributed by atoms with Gasteiger partial charge in [-0.1, -0.05) is 34.1 Å². The summed E-state index contributed by atoms with van der Waals surface area (Å²) in [5.41, 5.74) is 2.11. The van der Waals surface area contributed by atoms with Crippen molar-refractivity contribution in [3.05, 3.63) is 69.3 Å². The Hall–Kier alpha value is -1.23. The van der Waals surface area contributed by atoms with Crippen molar-refractivity contribution in [1.29, 1.82) is 0 Å². The van der Waals surface area contributed by atoms with E-state index in [2.05, 4.69) is 38.8 Å². The van der Waals surface area contributed by atoms with E-state index in [1.54, 1.807) is 17.4 Å². The molecular formula is C16H13BrFNS. The van der Waals surface area contributed by atoms with Gasteiger partial charge in [-0.25, -0.2) is 4.39 Å². The number of thiophene rings is 1. The summed E-state index contributed by atoms with van der Waals surface area (Å²) in [7, 11) is 1.90. The van der Waals surface area contributed by atoms with Crippen molar-refractivity contribution in [1.82, 2.24) is 5.32 Å². The van der Waals surface area contributed by atoms with Gasteiger partial charge in [-0.15, -0.1) is 11.3 Å². The lowest BCUT2D eigenvalue weighted by molar-refractivity contribution is 0.616. The molecule has 0 aliphatic carbocycles. The molecule has 3 rings (SSSR count). The van der Waals surface area contributed by atoms with Crippen molar-refractivity contribution in [2.24, 2.45) is 0 Å². The van der Waals surface area contributed by atoms with E-state index >= 15 is 0 Å². The Kier molecular flexibility index (Phi) is 3.87. The van der Waals surface area contributed by atoms with Crippen molar-refractivity contribution in [2.75, 3.05) is 7.05 Å². The van der Waals surface area contributed by atoms with Crippen molar-refractivity contribution >= 4 is 37.4 Å². The van der Waals surface area contributed by atoms with E-state index in [1.807, 2.05) is 25.2 Å². The molecule has 1 heterocycles. The Labute approximate surface area is 129 Å². The molecule has 2 aromatic carbocycles. The molecule has 1 atom stereocenters. The number of rotatable bonds is 3. The topological polar surface area (TPSA) is 12.0 Å². The SMILES string of the molecule is CNC(c1cc(F)cc(Br)c1)c1csc2ccccc12. The molecule has 0 amide bonds. The van der Waals surface area contributed by atoms with Gasteiger partial charge in [0.1, 0.15) is 5.82 Å². The minimum Gasteiger partial charge on any atom is -0.309 e. The van der Waals surface area contributed by atoms with Crippen molar-refractivity contribution in [3.63, 3.8) is 0 Å². The molecule has 20 heavy (non-hydrogen) atoms. The minimum absolute atomic E-state index is 0.0156. The van der Waals surface area contributed by atoms with Crippen molar-refractivity contribution in [3.8, 4) is 0 Å². The molecule has 0 fully saturated rings. The molecule has 0 radical (unpaired) electrons. The summed E-state index contributed by atoms with van der Waals surface area (Å²) in [6.07, 6.45) is 0. The van der Waals surface area contributed by atoms with Gasteiger partial charge in [0.2, 0.25) is 0 Å². The third kappa shape index (κ3) is 2.51. The molecule has 4 heteroatoms. The van der Waals surface area contributed by atoms with E-state index in [4.69, 9.17) is 0 Å². The highest BCUT2D eigenvalue weighted by Crippen LogP contribution is 2.34. The molecule has 0 saturated heterocycles. The van der Waals surface area contributed by atoms with Crippen LogP contribution < -0.4 is 5.32 Å². The molecule has 1 aromatic heterocycles. The lowest BCUT2D eigenvalue weighted by atomic mass is 9.98. The molecule has 1 unspecified atom stereocenters. The van der Waals surface area contributed by atoms with Gasteiger partial charge in [-0.3, -0.25) is 0 Å². The maximum absolute atomic E-state index is 13.6. The first-order valence-electron chi connectivity index (χ1n) is 6.28. The summed E-state index contributed by atoms with van der Waals surface area (Å²) >= 11 is 5.07. The smallest absolute Gasteiger partial charge is 0.124 e. The van der Waals surface area contributed by atoms with E-state index in [1.165, 1.54) is 21.7 Å². The van der Waals surface area contributed by atoms with E-state index in [0.717, 1.165) is 10.0 Å². The molecule has 1 N–H and O–H groups in total. The van der Waals surface area contributed by atoms with Gasteiger partial charge in [0.05, 0.1) is 6.04 Å². The molecule has 0 aliphatic heterocycles. The van der Waals surface area contributed by atoms with Crippen LogP contribution in [0.25, 0.3) is 10.1 Å². The summed E-state index contributed by atoms with van der Waals surface area (Å²) in [6, 6.07) is 13.3. The Morgan fingerprint density at radius 3 is 2.75 bits per heavy atom. The number of nitrogens with one attached hydrogen (secondary N) is 1. The number of halogens is 2. The van der Waals surface area contributed by atoms with Gasteiger partial charge in [0, 0.05) is 9.17 Å². The zero-order valence-electron chi connectivity index (χ0n) is 10.9. The first-order valence-corrected chi connectivity index (χ1v) is 7.95. The Morgan fingerprint density at radius 2 is 2.00 bits per heavy atom. The van der Waals surface area contributed by atoms with Crippen LogP contribution in [0.5, 0.6) is 0 Å². The van der Waals surface area contributed by atoms with Crippen LogP contribution in [0.15, 0.2) is 52.3 Å². The predicted molar refractivity (Wildman–Crippen MR) is 86.8 cm³/mol. The lowest BCUT2D eigenvalue weighted by Crippen LogP contribution is -2.17. The number of benzene rings is 2. The van der Waals surface area contributed by atoms with E-state index in [0.29, 0.717) is 0 Å². The highest BCUT2D eigenvalue weighted by Gasteiger charge is 2.17. The molecule has 102 valence electrons. The zero-order chi connectivity index (χ0) is 14.1. The maximum Gasteiger partial charge on any atom is 0.124 e. The predicted octanol–water partition coefficient (Wildman–Crippen LogP) is 5.11. The van der Waals surface area contributed by atoms with Crippen LogP contribution in [0.4, 0.5) is 4.39 Å². The Bertz CT molecular complexity index is 733. The monoisotopic (exact) mass is 349 g/mol. The van der Waals surface area contributed by atoms with Gasteiger partial charge < -0.3 is 5.32 Å². The molecule has 0 saturated carbocycles. The van der Waals surface area contributed by atoms with Gasteiger partial charge >= 0.3 is 0 Å². The second-order valence-corrected chi connectivity index (χ2v) is 6.44. The quantitative estimate of drug-likeness (QED) is 0.692. The van der Waals surface area contributed by atoms with Crippen LogP contribution in [0.3, 0.4) is 0 Å². The second-order valence-electron chi connectivity index (χ2n) is 4.61. The third-order valence-corrected chi connectivity index (χ3v) is 4.77. The normalized spacial score (nSPS) is 12.8. The number of hydrogen-bond donors (Lipinski definition) is 1. The van der Waals surface area contributed by atoms with Gasteiger partial charge in [-0.05, 0) is 53.2 Å². The first-order chi connectivity index (χ1) is 9.69. The molecule has 0 spiro atoms. The minimum atomic E-state index is -0.228. The van der Waals surface area contributed by atoms with Gasteiger partial charge in [-0.2, -0.15) is 0 Å². The third-order valence-electron chi connectivity index (χ3n) is 3.33. The highest BCUT2D eigenvalue weighted by molar-refractivity contribution is 9.10. The van der Waals surface area contributed by atoms with Crippen LogP contribution in [0.1, 0.15) is 17.2 Å². The largest absolute Gasteiger partial charge is 0.309 e. The fourth-order valence-electron chi connectivity index (χ4n) is 2.47. The average molecular weight is 350 g/mol. The lowest BCUT2D eigenvalue weighted by Gasteiger charge is -2.17. The molecule has 0 aliphatic rings. The van der Waals surface area contributed by atoms with Crippen LogP contribution in [-0.4, -0.2) is 7.05 Å². The van der Waals surface area contributed by atoms with Crippen molar-refractivity contribution < 1.29 is 4.39 Å². The van der Waals surface area contributed by atoms with Gasteiger partial charge in [0.15, 0.2) is 0 Å². The summed E-state index contributed by atoms with van der Waals surface area (Å²) in [4.78, 5) is 0. The fourth-order valence-corrected chi connectivity index (χ4v) is 3.94. The summed E-state index contributed by atoms with van der Waals surface area (Å²) in [5, 5.41) is 6.65. The fraction of sp³-hybridized carbons (Fsp3) is 0.125. The summed E-state index contributed by atoms with van der Waals surface area (Å²) in [5.74, 6) is -0.228. The summed E-state index contributed by atoms with van der Waals surface area (Å²) in [6.45, 7) is 0. The Morgan fingerprint density at radius 1 is 1.20 bits per heavy atom. The highest BCUT2D eigenvalue weighted by atomic mass is 79.9. The molecule has 3 aromatic rings. The van der Waals surface area contributed by atoms with E-state index in [9.17, 15) is 4.39 Å². The molecule has 1 nitrogen and oxygen atoms in total. The van der Waals surface area contributed by atoms with Gasteiger partial charge in [0.25, 0.3) is 0 Å². The first kappa shape index (κ1) is 13.7. The molecular weight excluding hydrogens is 337 g/mol. The maximum atomic E-state index is 13.6. The number of hydrogen-bond acceptors (Lipinski definition) is 2. The Balaban J connectivity index is 2.14. The summed E-state index contributed by atoms with van der Waals surface area (Å²) < 4.78 is 15.6. The number of fused-ring (bicyclic) bond motifs is 1. The van der Waals surface area contributed by atoms with Crippen LogP contribution in [0.2, 0.25) is 0 Å². The zero-order valence-corrected chi connectivity index (χ0v) is 13.3. The van der Waals surface area contributed by atoms with E-state index < -0.39 is 0 Å². The van der Waals surface area contributed by atoms with Crippen LogP contribution in [-0.2, 0) is 0 Å². The van der Waals surface area contributed by atoms with E-state index in [-0.39, 0.29) is 11.9 Å². The van der Waals surface area contributed by atoms with Crippen molar-refractivity contribution in [2.45, 2.75) is 6.04 Å². The van der Waals surface area contributed by atoms with Crippen LogP contribution in [0, 0.1) is 5.82 Å². The van der Waals surface area contributed by atoms with Crippen LogP contribution >= 0.6 is 27.3 Å². The standard InChI is InChI=1S/C16H13BrFNS/c1-19-16(10-6-11(17)8-12(18)7-10)14-9-20-15-5-3-2-4-13(14)15/h2-9,16,19H,1H3.